The maximum absolute atomic E-state index is 12.5. The summed E-state index contributed by atoms with van der Waals surface area (Å²) in [5.74, 6) is 0.785. The number of nitrogens with one attached hydrogen (secondary N) is 1. The van der Waals surface area contributed by atoms with Crippen molar-refractivity contribution in [3.8, 4) is 5.75 Å². The van der Waals surface area contributed by atoms with Crippen LogP contribution in [0.4, 0.5) is 10.5 Å². The highest BCUT2D eigenvalue weighted by Crippen LogP contribution is 2.26. The van der Waals surface area contributed by atoms with Crippen molar-refractivity contribution in [1.29, 1.82) is 0 Å². The van der Waals surface area contributed by atoms with Gasteiger partial charge in [-0.05, 0) is 50.9 Å². The van der Waals surface area contributed by atoms with E-state index in [-0.39, 0.29) is 12.2 Å². The number of unbranched alkanes of at least 4 members (excludes halogenated alkanes) is 3. The fraction of sp³-hybridized carbons (Fsp3) is 0.696. The second kappa shape index (κ2) is 12.7. The van der Waals surface area contributed by atoms with E-state index in [9.17, 15) is 4.79 Å². The molecule has 0 aliphatic heterocycles. The molecule has 0 aromatic heterocycles. The molecule has 1 fully saturated rings. The number of carbonyl (C=O) groups is 1. The van der Waals surface area contributed by atoms with Crippen LogP contribution in [0, 0.1) is 0 Å². The summed E-state index contributed by atoms with van der Waals surface area (Å²) in [6, 6.07) is 7.88. The Kier molecular flexibility index (Phi) is 10.2. The van der Waals surface area contributed by atoms with Crippen molar-refractivity contribution in [3.63, 3.8) is 0 Å². The standard InChI is InChI=1S/C23H38N2O3/c1-4-7-8-11-17-27-20-14-12-13-19(18-20)24-23(26)28-22-16-10-9-15-21(22)25(5-2)6-3/h12-14,18,21-22H,4-11,15-17H2,1-3H3,(H,24,26)/t21-,22-/m1/s1. The molecule has 5 heteroatoms. The van der Waals surface area contributed by atoms with Crippen molar-refractivity contribution in [2.75, 3.05) is 25.0 Å². The highest BCUT2D eigenvalue weighted by atomic mass is 16.6. The average molecular weight is 391 g/mol. The van der Waals surface area contributed by atoms with Crippen molar-refractivity contribution in [2.45, 2.75) is 84.3 Å². The molecule has 1 aliphatic rings. The van der Waals surface area contributed by atoms with Crippen LogP contribution in [0.3, 0.4) is 0 Å². The van der Waals surface area contributed by atoms with Crippen molar-refractivity contribution in [1.82, 2.24) is 4.90 Å². The summed E-state index contributed by atoms with van der Waals surface area (Å²) in [5.41, 5.74) is 0.714. The Hall–Kier alpha value is -1.75. The van der Waals surface area contributed by atoms with Crippen LogP contribution < -0.4 is 10.1 Å². The third-order valence-electron chi connectivity index (χ3n) is 5.55. The predicted molar refractivity (Wildman–Crippen MR) is 115 cm³/mol. The van der Waals surface area contributed by atoms with Gasteiger partial charge in [0.15, 0.2) is 0 Å². The van der Waals surface area contributed by atoms with Gasteiger partial charge in [-0.3, -0.25) is 10.2 Å². The second-order valence-corrected chi connectivity index (χ2v) is 7.58. The minimum absolute atomic E-state index is 0.0355. The van der Waals surface area contributed by atoms with Gasteiger partial charge in [-0.1, -0.05) is 52.5 Å². The Balaban J connectivity index is 1.85. The number of hydrogen-bond acceptors (Lipinski definition) is 4. The first-order valence-corrected chi connectivity index (χ1v) is 11.1. The molecular weight excluding hydrogens is 352 g/mol. The molecular formula is C23H38N2O3. The van der Waals surface area contributed by atoms with Crippen molar-refractivity contribution < 1.29 is 14.3 Å². The van der Waals surface area contributed by atoms with Gasteiger partial charge in [-0.25, -0.2) is 4.79 Å². The molecule has 0 bridgehead atoms. The summed E-state index contributed by atoms with van der Waals surface area (Å²) in [4.78, 5) is 14.9. The molecule has 2 atom stereocenters. The zero-order valence-electron chi connectivity index (χ0n) is 17.9. The maximum Gasteiger partial charge on any atom is 0.411 e. The number of likely N-dealkylation sites (N-methyl/N-ethyl adjacent to an activating group) is 1. The van der Waals surface area contributed by atoms with Crippen molar-refractivity contribution in [2.24, 2.45) is 0 Å². The van der Waals surface area contributed by atoms with Crippen LogP contribution >= 0.6 is 0 Å². The van der Waals surface area contributed by atoms with Gasteiger partial charge in [0, 0.05) is 17.8 Å². The van der Waals surface area contributed by atoms with Gasteiger partial charge in [-0.15, -0.1) is 0 Å². The van der Waals surface area contributed by atoms with Gasteiger partial charge in [0.1, 0.15) is 11.9 Å². The monoisotopic (exact) mass is 390 g/mol. The van der Waals surface area contributed by atoms with Gasteiger partial charge >= 0.3 is 6.09 Å². The lowest BCUT2D eigenvalue weighted by Gasteiger charge is -2.38. The largest absolute Gasteiger partial charge is 0.494 e. The molecule has 5 nitrogen and oxygen atoms in total. The van der Waals surface area contributed by atoms with Gasteiger partial charge in [-0.2, -0.15) is 0 Å². The lowest BCUT2D eigenvalue weighted by atomic mass is 9.91. The number of hydrogen-bond donors (Lipinski definition) is 1. The number of amides is 1. The number of ether oxygens (including phenoxy) is 2. The molecule has 1 saturated carbocycles. The topological polar surface area (TPSA) is 50.8 Å². The van der Waals surface area contributed by atoms with E-state index in [2.05, 4.69) is 31.0 Å². The molecule has 158 valence electrons. The quantitative estimate of drug-likeness (QED) is 0.482. The maximum atomic E-state index is 12.5. The molecule has 1 aromatic rings. The summed E-state index contributed by atoms with van der Waals surface area (Å²) in [6.07, 6.45) is 8.67. The molecule has 0 spiro atoms. The summed E-state index contributed by atoms with van der Waals surface area (Å²) in [6.45, 7) is 9.22. The second-order valence-electron chi connectivity index (χ2n) is 7.58. The van der Waals surface area contributed by atoms with Crippen LogP contribution in [0.2, 0.25) is 0 Å². The first-order valence-electron chi connectivity index (χ1n) is 11.1. The molecule has 0 saturated heterocycles. The summed E-state index contributed by atoms with van der Waals surface area (Å²) < 4.78 is 11.6. The summed E-state index contributed by atoms with van der Waals surface area (Å²) in [5, 5.41) is 2.88. The van der Waals surface area contributed by atoms with Gasteiger partial charge in [0.05, 0.1) is 6.61 Å². The number of rotatable bonds is 11. The van der Waals surface area contributed by atoms with Crippen LogP contribution in [0.25, 0.3) is 0 Å². The molecule has 0 heterocycles. The molecule has 28 heavy (non-hydrogen) atoms. The van der Waals surface area contributed by atoms with E-state index in [1.807, 2.05) is 24.3 Å². The fourth-order valence-electron chi connectivity index (χ4n) is 3.99. The van der Waals surface area contributed by atoms with Gasteiger partial charge in [0.25, 0.3) is 0 Å². The van der Waals surface area contributed by atoms with Gasteiger partial charge < -0.3 is 9.47 Å². The molecule has 0 radical (unpaired) electrons. The first-order chi connectivity index (χ1) is 13.7. The Labute approximate surface area is 170 Å². The van der Waals surface area contributed by atoms with E-state index in [1.54, 1.807) is 0 Å². The average Bonchev–Trinajstić information content (AvgIpc) is 2.70. The zero-order valence-corrected chi connectivity index (χ0v) is 17.9. The van der Waals surface area contributed by atoms with Crippen LogP contribution in [-0.4, -0.2) is 42.8 Å². The minimum atomic E-state index is -0.371. The third kappa shape index (κ3) is 7.34. The van der Waals surface area contributed by atoms with E-state index in [4.69, 9.17) is 9.47 Å². The first kappa shape index (κ1) is 22.5. The molecule has 2 rings (SSSR count). The highest BCUT2D eigenvalue weighted by Gasteiger charge is 2.31. The Morgan fingerprint density at radius 3 is 2.64 bits per heavy atom. The summed E-state index contributed by atoms with van der Waals surface area (Å²) in [7, 11) is 0. The van der Waals surface area contributed by atoms with Gasteiger partial charge in [0.2, 0.25) is 0 Å². The lowest BCUT2D eigenvalue weighted by Crippen LogP contribution is -2.47. The van der Waals surface area contributed by atoms with Crippen molar-refractivity contribution in [3.05, 3.63) is 24.3 Å². The van der Waals surface area contributed by atoms with Crippen LogP contribution in [0.15, 0.2) is 24.3 Å². The molecule has 1 amide bonds. The van der Waals surface area contributed by atoms with E-state index in [1.165, 1.54) is 25.7 Å². The SMILES string of the molecule is CCCCCCOc1cccc(NC(=O)O[C@@H]2CCCC[C@H]2N(CC)CC)c1. The molecule has 1 aliphatic carbocycles. The number of anilines is 1. The molecule has 1 aromatic carbocycles. The highest BCUT2D eigenvalue weighted by molar-refractivity contribution is 5.85. The zero-order chi connectivity index (χ0) is 20.2. The molecule has 0 unspecified atom stereocenters. The fourth-order valence-corrected chi connectivity index (χ4v) is 3.99. The van der Waals surface area contributed by atoms with Crippen molar-refractivity contribution >= 4 is 11.8 Å². The normalized spacial score (nSPS) is 19.4. The van der Waals surface area contributed by atoms with Crippen LogP contribution in [0.1, 0.15) is 72.1 Å². The minimum Gasteiger partial charge on any atom is -0.494 e. The van der Waals surface area contributed by atoms with Crippen LogP contribution in [0.5, 0.6) is 5.75 Å². The number of carbonyl (C=O) groups excluding carboxylic acids is 1. The van der Waals surface area contributed by atoms with Crippen LogP contribution in [-0.2, 0) is 4.74 Å². The Bertz CT molecular complexity index is 575. The van der Waals surface area contributed by atoms with E-state index >= 15 is 0 Å². The van der Waals surface area contributed by atoms with E-state index in [0.29, 0.717) is 18.3 Å². The Morgan fingerprint density at radius 1 is 1.11 bits per heavy atom. The van der Waals surface area contributed by atoms with E-state index < -0.39 is 0 Å². The lowest BCUT2D eigenvalue weighted by molar-refractivity contribution is 0.0125. The number of benzene rings is 1. The summed E-state index contributed by atoms with van der Waals surface area (Å²) >= 11 is 0. The third-order valence-corrected chi connectivity index (χ3v) is 5.55. The Morgan fingerprint density at radius 2 is 1.89 bits per heavy atom. The predicted octanol–water partition coefficient (Wildman–Crippen LogP) is 5.85. The smallest absolute Gasteiger partial charge is 0.411 e. The molecule has 1 N–H and O–H groups in total. The van der Waals surface area contributed by atoms with E-state index in [0.717, 1.165) is 44.5 Å². The number of nitrogens with zero attached hydrogens (tertiary/aromatic N) is 1.